The van der Waals surface area contributed by atoms with Gasteiger partial charge in [-0.05, 0) is 31.9 Å². The van der Waals surface area contributed by atoms with Crippen LogP contribution in [0.4, 0.5) is 5.69 Å². The molecule has 1 unspecified atom stereocenters. The summed E-state index contributed by atoms with van der Waals surface area (Å²) in [5.41, 5.74) is 11.5. The fourth-order valence-corrected chi connectivity index (χ4v) is 1.66. The number of primary amides is 1. The van der Waals surface area contributed by atoms with Crippen molar-refractivity contribution in [3.63, 3.8) is 0 Å². The van der Waals surface area contributed by atoms with Gasteiger partial charge >= 0.3 is 0 Å². The first-order valence-electron chi connectivity index (χ1n) is 6.14. The zero-order valence-corrected chi connectivity index (χ0v) is 10.7. The van der Waals surface area contributed by atoms with Crippen LogP contribution in [-0.2, 0) is 4.79 Å². The quantitative estimate of drug-likeness (QED) is 0.669. The van der Waals surface area contributed by atoms with Crippen LogP contribution in [0, 0.1) is 0 Å². The van der Waals surface area contributed by atoms with Gasteiger partial charge < -0.3 is 21.5 Å². The largest absolute Gasteiger partial charge is 0.478 e. The number of amides is 2. The molecule has 1 saturated carbocycles. The van der Waals surface area contributed by atoms with Crippen molar-refractivity contribution in [3.8, 4) is 5.75 Å². The Balaban J connectivity index is 2.12. The van der Waals surface area contributed by atoms with E-state index < -0.39 is 12.0 Å². The Morgan fingerprint density at radius 1 is 1.42 bits per heavy atom. The second-order valence-corrected chi connectivity index (χ2v) is 4.63. The van der Waals surface area contributed by atoms with E-state index >= 15 is 0 Å². The Labute approximate surface area is 111 Å². The molecule has 0 bridgehead atoms. The first-order valence-corrected chi connectivity index (χ1v) is 6.14. The van der Waals surface area contributed by atoms with Gasteiger partial charge in [0.15, 0.2) is 11.9 Å². The highest BCUT2D eigenvalue weighted by Crippen LogP contribution is 2.27. The molecule has 0 aromatic heterocycles. The van der Waals surface area contributed by atoms with Crippen LogP contribution in [-0.4, -0.2) is 24.0 Å². The highest BCUT2D eigenvalue weighted by Gasteiger charge is 2.27. The average Bonchev–Trinajstić information content (AvgIpc) is 3.15. The van der Waals surface area contributed by atoms with Gasteiger partial charge in [-0.2, -0.15) is 0 Å². The number of hydrogen-bond acceptors (Lipinski definition) is 4. The molecule has 2 amide bonds. The molecule has 19 heavy (non-hydrogen) atoms. The standard InChI is InChI=1S/C13H17N3O3/c1-7(13(18)16-8-5-6-8)19-11-9(12(15)17)3-2-4-10(11)14/h2-4,7-8H,5-6,14H2,1H3,(H2,15,17)(H,16,18). The van der Waals surface area contributed by atoms with Gasteiger partial charge in [-0.15, -0.1) is 0 Å². The number of rotatable bonds is 5. The fraction of sp³-hybridized carbons (Fsp3) is 0.385. The second-order valence-electron chi connectivity index (χ2n) is 4.63. The molecular formula is C13H17N3O3. The molecule has 1 aromatic rings. The first kappa shape index (κ1) is 13.2. The molecule has 0 heterocycles. The van der Waals surface area contributed by atoms with E-state index in [1.807, 2.05) is 0 Å². The SMILES string of the molecule is CC(Oc1c(N)cccc1C(N)=O)C(=O)NC1CC1. The third kappa shape index (κ3) is 3.15. The number of carbonyl (C=O) groups is 2. The van der Waals surface area contributed by atoms with Gasteiger partial charge in [0.1, 0.15) is 0 Å². The summed E-state index contributed by atoms with van der Waals surface area (Å²) in [5, 5.41) is 2.82. The summed E-state index contributed by atoms with van der Waals surface area (Å²) in [6, 6.07) is 4.96. The van der Waals surface area contributed by atoms with Crippen LogP contribution in [0.15, 0.2) is 18.2 Å². The highest BCUT2D eigenvalue weighted by atomic mass is 16.5. The molecular weight excluding hydrogens is 246 g/mol. The van der Waals surface area contributed by atoms with Gasteiger partial charge in [0, 0.05) is 6.04 Å². The summed E-state index contributed by atoms with van der Waals surface area (Å²) in [6.45, 7) is 1.61. The van der Waals surface area contributed by atoms with Gasteiger partial charge in [-0.1, -0.05) is 6.07 Å². The number of nitrogens with one attached hydrogen (secondary N) is 1. The summed E-state index contributed by atoms with van der Waals surface area (Å²) < 4.78 is 5.49. The predicted octanol–water partition coefficient (Wildman–Crippen LogP) is 0.414. The normalized spacial score (nSPS) is 15.6. The summed E-state index contributed by atoms with van der Waals surface area (Å²) >= 11 is 0. The van der Waals surface area contributed by atoms with Crippen molar-refractivity contribution in [1.82, 2.24) is 5.32 Å². The molecule has 1 atom stereocenters. The molecule has 102 valence electrons. The summed E-state index contributed by atoms with van der Waals surface area (Å²) in [6.07, 6.45) is 1.26. The Morgan fingerprint density at radius 3 is 2.68 bits per heavy atom. The smallest absolute Gasteiger partial charge is 0.260 e. The van der Waals surface area contributed by atoms with E-state index in [9.17, 15) is 9.59 Å². The minimum absolute atomic E-state index is 0.161. The van der Waals surface area contributed by atoms with Crippen LogP contribution in [0.2, 0.25) is 0 Å². The van der Waals surface area contributed by atoms with Crippen molar-refractivity contribution < 1.29 is 14.3 Å². The number of para-hydroxylation sites is 1. The molecule has 1 fully saturated rings. The van der Waals surface area contributed by atoms with Crippen LogP contribution in [0.5, 0.6) is 5.75 Å². The molecule has 0 aliphatic heterocycles. The van der Waals surface area contributed by atoms with E-state index in [4.69, 9.17) is 16.2 Å². The van der Waals surface area contributed by atoms with Gasteiger partial charge in [0.05, 0.1) is 11.3 Å². The summed E-state index contributed by atoms with van der Waals surface area (Å²) in [5.74, 6) is -0.702. The summed E-state index contributed by atoms with van der Waals surface area (Å²) in [7, 11) is 0. The van der Waals surface area contributed by atoms with E-state index in [-0.39, 0.29) is 28.9 Å². The number of nitrogens with two attached hydrogens (primary N) is 2. The number of ether oxygens (including phenoxy) is 1. The topological polar surface area (TPSA) is 107 Å². The molecule has 2 rings (SSSR count). The fourth-order valence-electron chi connectivity index (χ4n) is 1.66. The lowest BCUT2D eigenvalue weighted by atomic mass is 10.1. The van der Waals surface area contributed by atoms with Crippen molar-refractivity contribution in [2.45, 2.75) is 31.9 Å². The van der Waals surface area contributed by atoms with E-state index in [1.165, 1.54) is 6.07 Å². The molecule has 0 spiro atoms. The first-order chi connectivity index (χ1) is 8.99. The van der Waals surface area contributed by atoms with Crippen molar-refractivity contribution in [2.75, 3.05) is 5.73 Å². The monoisotopic (exact) mass is 263 g/mol. The van der Waals surface area contributed by atoms with Crippen molar-refractivity contribution >= 4 is 17.5 Å². The van der Waals surface area contributed by atoms with E-state index in [0.717, 1.165) is 12.8 Å². The van der Waals surface area contributed by atoms with Gasteiger partial charge in [-0.3, -0.25) is 9.59 Å². The zero-order chi connectivity index (χ0) is 14.0. The van der Waals surface area contributed by atoms with Crippen LogP contribution in [0.1, 0.15) is 30.1 Å². The van der Waals surface area contributed by atoms with Gasteiger partial charge in [0.25, 0.3) is 11.8 Å². The van der Waals surface area contributed by atoms with Crippen molar-refractivity contribution in [3.05, 3.63) is 23.8 Å². The number of benzene rings is 1. The number of anilines is 1. The third-order valence-corrected chi connectivity index (χ3v) is 2.90. The molecule has 5 N–H and O–H groups in total. The second kappa shape index (κ2) is 5.17. The molecule has 6 heteroatoms. The van der Waals surface area contributed by atoms with Crippen LogP contribution < -0.4 is 21.5 Å². The lowest BCUT2D eigenvalue weighted by Gasteiger charge is -2.17. The van der Waals surface area contributed by atoms with Crippen molar-refractivity contribution in [2.24, 2.45) is 5.73 Å². The molecule has 0 radical (unpaired) electrons. The van der Waals surface area contributed by atoms with Crippen LogP contribution >= 0.6 is 0 Å². The zero-order valence-electron chi connectivity index (χ0n) is 10.7. The average molecular weight is 263 g/mol. The minimum atomic E-state index is -0.733. The third-order valence-electron chi connectivity index (χ3n) is 2.90. The maximum absolute atomic E-state index is 11.8. The van der Waals surface area contributed by atoms with Gasteiger partial charge in [-0.25, -0.2) is 0 Å². The Hall–Kier alpha value is -2.24. The van der Waals surface area contributed by atoms with Crippen LogP contribution in [0.3, 0.4) is 0 Å². The molecule has 1 aromatic carbocycles. The number of nitrogen functional groups attached to an aromatic ring is 1. The number of hydrogen-bond donors (Lipinski definition) is 3. The van der Waals surface area contributed by atoms with Crippen LogP contribution in [0.25, 0.3) is 0 Å². The minimum Gasteiger partial charge on any atom is -0.478 e. The maximum Gasteiger partial charge on any atom is 0.260 e. The molecule has 1 aliphatic carbocycles. The molecule has 0 saturated heterocycles. The van der Waals surface area contributed by atoms with Gasteiger partial charge in [0.2, 0.25) is 0 Å². The van der Waals surface area contributed by atoms with E-state index in [1.54, 1.807) is 19.1 Å². The summed E-state index contributed by atoms with van der Waals surface area (Å²) in [4.78, 5) is 23.1. The Bertz CT molecular complexity index is 512. The Kier molecular flexibility index (Phi) is 3.59. The lowest BCUT2D eigenvalue weighted by molar-refractivity contribution is -0.127. The van der Waals surface area contributed by atoms with Crippen molar-refractivity contribution in [1.29, 1.82) is 0 Å². The van der Waals surface area contributed by atoms with E-state index in [0.29, 0.717) is 0 Å². The molecule has 6 nitrogen and oxygen atoms in total. The Morgan fingerprint density at radius 2 is 2.11 bits per heavy atom. The highest BCUT2D eigenvalue weighted by molar-refractivity contribution is 5.97. The van der Waals surface area contributed by atoms with E-state index in [2.05, 4.69) is 5.32 Å². The maximum atomic E-state index is 11.8. The molecule has 1 aliphatic rings. The predicted molar refractivity (Wildman–Crippen MR) is 70.6 cm³/mol. The lowest BCUT2D eigenvalue weighted by Crippen LogP contribution is -2.38. The number of carbonyl (C=O) groups excluding carboxylic acids is 2.